The van der Waals surface area contributed by atoms with Crippen molar-refractivity contribution in [2.24, 2.45) is 0 Å². The summed E-state index contributed by atoms with van der Waals surface area (Å²) in [5.74, 6) is -1.22. The molecule has 28 heavy (non-hydrogen) atoms. The highest BCUT2D eigenvalue weighted by Gasteiger charge is 2.31. The van der Waals surface area contributed by atoms with Crippen LogP contribution in [0.5, 0.6) is 0 Å². The second kappa shape index (κ2) is 7.75. The third-order valence-electron chi connectivity index (χ3n) is 4.74. The molecule has 0 saturated carbocycles. The molecule has 0 aliphatic carbocycles. The molecule has 2 aromatic carbocycles. The van der Waals surface area contributed by atoms with E-state index in [9.17, 15) is 17.6 Å². The maximum atomic E-state index is 14.8. The highest BCUT2D eigenvalue weighted by atomic mass is 32.2. The van der Waals surface area contributed by atoms with E-state index in [0.29, 0.717) is 11.1 Å². The van der Waals surface area contributed by atoms with Gasteiger partial charge in [-0.1, -0.05) is 42.8 Å². The molecule has 0 bridgehead atoms. The van der Waals surface area contributed by atoms with Crippen molar-refractivity contribution in [3.05, 3.63) is 71.6 Å². The second-order valence-electron chi connectivity index (χ2n) is 7.14. The van der Waals surface area contributed by atoms with Gasteiger partial charge in [-0.3, -0.25) is 9.52 Å². The maximum Gasteiger partial charge on any atom is 0.236 e. The van der Waals surface area contributed by atoms with Gasteiger partial charge in [-0.15, -0.1) is 6.58 Å². The summed E-state index contributed by atoms with van der Waals surface area (Å²) >= 11 is 0. The third kappa shape index (κ3) is 4.25. The highest BCUT2D eigenvalue weighted by molar-refractivity contribution is 7.91. The highest BCUT2D eigenvalue weighted by Crippen LogP contribution is 2.39. The molecular weight excluding hydrogens is 379 g/mol. The number of carbonyl (C=O) groups is 1. The third-order valence-corrected chi connectivity index (χ3v) is 6.00. The predicted octanol–water partition coefficient (Wildman–Crippen LogP) is 4.10. The van der Waals surface area contributed by atoms with Crippen molar-refractivity contribution in [1.82, 2.24) is 0 Å². The van der Waals surface area contributed by atoms with Crippen molar-refractivity contribution < 1.29 is 17.6 Å². The Morgan fingerprint density at radius 3 is 2.61 bits per heavy atom. The summed E-state index contributed by atoms with van der Waals surface area (Å²) in [7, 11) is -3.71. The maximum absolute atomic E-state index is 14.8. The summed E-state index contributed by atoms with van der Waals surface area (Å²) in [4.78, 5) is 13.6. The molecule has 1 aliphatic heterocycles. The first-order valence-corrected chi connectivity index (χ1v) is 10.7. The van der Waals surface area contributed by atoms with Gasteiger partial charge in [-0.25, -0.2) is 12.8 Å². The summed E-state index contributed by atoms with van der Waals surface area (Å²) in [5.41, 5.74) is 2.65. The van der Waals surface area contributed by atoms with Crippen LogP contribution in [0.2, 0.25) is 0 Å². The number of anilines is 2. The Bertz CT molecular complexity index is 1020. The van der Waals surface area contributed by atoms with Crippen LogP contribution in [-0.2, 0) is 20.6 Å². The van der Waals surface area contributed by atoms with E-state index in [0.717, 1.165) is 11.6 Å². The molecule has 148 valence electrons. The smallest absolute Gasteiger partial charge is 0.236 e. The van der Waals surface area contributed by atoms with Gasteiger partial charge < -0.3 is 4.90 Å². The number of nitrogens with zero attached hydrogens (tertiary/aromatic N) is 1. The molecule has 2 aromatic rings. The van der Waals surface area contributed by atoms with E-state index in [1.54, 1.807) is 18.2 Å². The Kier molecular flexibility index (Phi) is 5.56. The largest absolute Gasteiger partial charge is 0.306 e. The molecule has 0 radical (unpaired) electrons. The molecule has 1 aliphatic rings. The lowest BCUT2D eigenvalue weighted by Crippen LogP contribution is -2.37. The fourth-order valence-electron chi connectivity index (χ4n) is 3.39. The lowest BCUT2D eigenvalue weighted by molar-refractivity contribution is -0.119. The Morgan fingerprint density at radius 1 is 1.29 bits per heavy atom. The first-order valence-electron chi connectivity index (χ1n) is 9.01. The number of sulfonamides is 1. The van der Waals surface area contributed by atoms with Gasteiger partial charge in [0.2, 0.25) is 15.9 Å². The SMILES string of the molecule is C=CCN1C(=O)CC(C)c2cc(NS(=O)(=O)Cc3ccc(C)cc3)cc(F)c21. The Hall–Kier alpha value is -2.67. The van der Waals surface area contributed by atoms with Gasteiger partial charge in [0.1, 0.15) is 5.82 Å². The number of aryl methyl sites for hydroxylation is 1. The number of carbonyl (C=O) groups excluding carboxylic acids is 1. The van der Waals surface area contributed by atoms with Gasteiger partial charge in [0.05, 0.1) is 17.1 Å². The number of rotatable bonds is 6. The van der Waals surface area contributed by atoms with Crippen molar-refractivity contribution in [1.29, 1.82) is 0 Å². The van der Waals surface area contributed by atoms with Crippen molar-refractivity contribution in [2.45, 2.75) is 31.9 Å². The van der Waals surface area contributed by atoms with E-state index in [1.807, 2.05) is 26.0 Å². The zero-order chi connectivity index (χ0) is 20.5. The first kappa shape index (κ1) is 20.1. The number of halogens is 1. The number of nitrogens with one attached hydrogen (secondary N) is 1. The van der Waals surface area contributed by atoms with E-state index < -0.39 is 15.8 Å². The van der Waals surface area contributed by atoms with Crippen molar-refractivity contribution in [3.8, 4) is 0 Å². The number of hydrogen-bond donors (Lipinski definition) is 1. The fraction of sp³-hybridized carbons (Fsp3) is 0.286. The molecule has 1 amide bonds. The van der Waals surface area contributed by atoms with E-state index in [1.165, 1.54) is 11.0 Å². The monoisotopic (exact) mass is 402 g/mol. The number of amides is 1. The molecule has 5 nitrogen and oxygen atoms in total. The standard InChI is InChI=1S/C21H23FN2O3S/c1-4-9-24-20(25)10-15(3)18-11-17(12-19(22)21(18)24)23-28(26,27)13-16-7-5-14(2)6-8-16/h4-8,11-12,15,23H,1,9-10,13H2,2-3H3. The van der Waals surface area contributed by atoms with Crippen molar-refractivity contribution in [3.63, 3.8) is 0 Å². The summed E-state index contributed by atoms with van der Waals surface area (Å²) in [6.45, 7) is 7.57. The molecule has 1 N–H and O–H groups in total. The number of hydrogen-bond acceptors (Lipinski definition) is 3. The summed E-state index contributed by atoms with van der Waals surface area (Å²) < 4.78 is 42.3. The molecule has 1 atom stereocenters. The number of fused-ring (bicyclic) bond motifs is 1. The summed E-state index contributed by atoms with van der Waals surface area (Å²) in [6.07, 6.45) is 1.77. The fourth-order valence-corrected chi connectivity index (χ4v) is 4.57. The molecule has 3 rings (SSSR count). The topological polar surface area (TPSA) is 66.5 Å². The van der Waals surface area contributed by atoms with Gasteiger partial charge in [-0.05, 0) is 30.0 Å². The second-order valence-corrected chi connectivity index (χ2v) is 8.86. The predicted molar refractivity (Wildman–Crippen MR) is 109 cm³/mol. The average Bonchev–Trinajstić information content (AvgIpc) is 2.60. The minimum atomic E-state index is -3.71. The van der Waals surface area contributed by atoms with Gasteiger partial charge in [0.25, 0.3) is 0 Å². The van der Waals surface area contributed by atoms with E-state index in [2.05, 4.69) is 11.3 Å². The summed E-state index contributed by atoms with van der Waals surface area (Å²) in [6, 6.07) is 9.92. The van der Waals surface area contributed by atoms with Gasteiger partial charge in [-0.2, -0.15) is 0 Å². The molecule has 7 heteroatoms. The lowest BCUT2D eigenvalue weighted by Gasteiger charge is -2.32. The first-order chi connectivity index (χ1) is 13.2. The molecular formula is C21H23FN2O3S. The van der Waals surface area contributed by atoms with Crippen LogP contribution >= 0.6 is 0 Å². The van der Waals surface area contributed by atoms with Crippen LogP contribution in [0.3, 0.4) is 0 Å². The zero-order valence-corrected chi connectivity index (χ0v) is 16.7. The molecule has 0 aromatic heterocycles. The van der Waals surface area contributed by atoms with Crippen molar-refractivity contribution in [2.75, 3.05) is 16.2 Å². The molecule has 1 heterocycles. The Morgan fingerprint density at radius 2 is 1.96 bits per heavy atom. The van der Waals surface area contributed by atoms with Gasteiger partial charge in [0, 0.05) is 19.0 Å². The van der Waals surface area contributed by atoms with Crippen LogP contribution in [0, 0.1) is 12.7 Å². The minimum Gasteiger partial charge on any atom is -0.306 e. The van der Waals surface area contributed by atoms with Gasteiger partial charge >= 0.3 is 0 Å². The molecule has 0 spiro atoms. The van der Waals surface area contributed by atoms with Crippen molar-refractivity contribution >= 4 is 27.3 Å². The molecule has 0 fully saturated rings. The van der Waals surface area contributed by atoms with Crippen LogP contribution in [0.15, 0.2) is 49.1 Å². The van der Waals surface area contributed by atoms with Gasteiger partial charge in [0.15, 0.2) is 0 Å². The minimum absolute atomic E-state index is 0.156. The Balaban J connectivity index is 1.90. The van der Waals surface area contributed by atoms with E-state index in [4.69, 9.17) is 0 Å². The Labute approximate surface area is 164 Å². The average molecular weight is 402 g/mol. The van der Waals surface area contributed by atoms with Crippen LogP contribution in [0.1, 0.15) is 36.0 Å². The molecule has 1 unspecified atom stereocenters. The van der Waals surface area contributed by atoms with Crippen LogP contribution in [0.4, 0.5) is 15.8 Å². The zero-order valence-electron chi connectivity index (χ0n) is 15.9. The van der Waals surface area contributed by atoms with E-state index in [-0.39, 0.29) is 41.9 Å². The van der Waals surface area contributed by atoms with E-state index >= 15 is 0 Å². The molecule has 0 saturated heterocycles. The van der Waals surface area contributed by atoms with Crippen LogP contribution in [0.25, 0.3) is 0 Å². The number of benzene rings is 2. The van der Waals surface area contributed by atoms with Crippen LogP contribution in [-0.4, -0.2) is 20.9 Å². The van der Waals surface area contributed by atoms with Crippen LogP contribution < -0.4 is 9.62 Å². The normalized spacial score (nSPS) is 16.6. The lowest BCUT2D eigenvalue weighted by atomic mass is 9.90. The summed E-state index contributed by atoms with van der Waals surface area (Å²) in [5, 5.41) is 0. The quantitative estimate of drug-likeness (QED) is 0.740.